The first-order chi connectivity index (χ1) is 12.7. The van der Waals surface area contributed by atoms with E-state index in [0.717, 1.165) is 43.9 Å². The summed E-state index contributed by atoms with van der Waals surface area (Å²) in [4.78, 5) is 7.30. The van der Waals surface area contributed by atoms with Crippen molar-refractivity contribution in [2.75, 3.05) is 18.0 Å². The summed E-state index contributed by atoms with van der Waals surface area (Å²) in [5, 5.41) is 1.21. The quantitative estimate of drug-likeness (QED) is 0.720. The minimum absolute atomic E-state index is 0.327. The molecule has 2 N–H and O–H groups in total. The Hall–Kier alpha value is -1.90. The van der Waals surface area contributed by atoms with Crippen molar-refractivity contribution in [2.45, 2.75) is 39.3 Å². The van der Waals surface area contributed by atoms with E-state index >= 15 is 0 Å². The first-order valence-corrected chi connectivity index (χ1v) is 10.1. The van der Waals surface area contributed by atoms with E-state index in [9.17, 15) is 0 Å². The molecule has 1 aromatic heterocycles. The van der Waals surface area contributed by atoms with E-state index in [-0.39, 0.29) is 0 Å². The Labute approximate surface area is 158 Å². The first kappa shape index (κ1) is 18.9. The van der Waals surface area contributed by atoms with Crippen molar-refractivity contribution in [1.29, 1.82) is 0 Å². The monoisotopic (exact) mass is 368 g/mol. The van der Waals surface area contributed by atoms with Gasteiger partial charge < -0.3 is 15.2 Å². The van der Waals surface area contributed by atoms with E-state index < -0.39 is 0 Å². The molecule has 2 heterocycles. The Morgan fingerprint density at radius 3 is 2.38 bits per heavy atom. The molecule has 0 radical (unpaired) electrons. The second-order valence-electron chi connectivity index (χ2n) is 6.55. The predicted molar refractivity (Wildman–Crippen MR) is 115 cm³/mol. The van der Waals surface area contributed by atoms with Crippen LogP contribution >= 0.6 is 9.24 Å². The van der Waals surface area contributed by atoms with E-state index in [1.807, 2.05) is 13.8 Å². The van der Waals surface area contributed by atoms with Crippen molar-refractivity contribution >= 4 is 31.5 Å². The number of rotatable bonds is 3. The lowest BCUT2D eigenvalue weighted by atomic mass is 10.1. The van der Waals surface area contributed by atoms with Gasteiger partial charge in [-0.05, 0) is 35.8 Å². The van der Waals surface area contributed by atoms with Crippen LogP contribution in [-0.4, -0.2) is 28.7 Å². The molecule has 4 rings (SSSR count). The molecule has 1 fully saturated rings. The van der Waals surface area contributed by atoms with Crippen LogP contribution in [-0.2, 0) is 6.54 Å². The number of para-hydroxylation sites is 2. The van der Waals surface area contributed by atoms with Crippen LogP contribution in [0.4, 0.5) is 5.95 Å². The number of nitrogens with two attached hydrogens (primary N) is 1. The molecular formula is C21H29N4P. The molecule has 0 bridgehead atoms. The summed E-state index contributed by atoms with van der Waals surface area (Å²) in [6.07, 6.45) is 2.07. The fourth-order valence-electron chi connectivity index (χ4n) is 3.37. The molecule has 1 aliphatic heterocycles. The van der Waals surface area contributed by atoms with Gasteiger partial charge in [-0.3, -0.25) is 0 Å². The molecular weight excluding hydrogens is 339 g/mol. The first-order valence-electron chi connectivity index (χ1n) is 9.51. The number of fused-ring (bicyclic) bond motifs is 1. The van der Waals surface area contributed by atoms with Gasteiger partial charge >= 0.3 is 0 Å². The minimum atomic E-state index is 0.327. The minimum Gasteiger partial charge on any atom is -0.342 e. The fourth-order valence-corrected chi connectivity index (χ4v) is 3.56. The number of imidazole rings is 1. The van der Waals surface area contributed by atoms with Gasteiger partial charge in [0.2, 0.25) is 5.95 Å². The molecule has 0 spiro atoms. The van der Waals surface area contributed by atoms with Gasteiger partial charge in [-0.1, -0.05) is 50.2 Å². The van der Waals surface area contributed by atoms with Crippen molar-refractivity contribution in [1.82, 2.24) is 9.55 Å². The number of aromatic nitrogens is 2. The molecule has 1 atom stereocenters. The largest absolute Gasteiger partial charge is 0.342 e. The van der Waals surface area contributed by atoms with Gasteiger partial charge in [0.15, 0.2) is 0 Å². The van der Waals surface area contributed by atoms with Crippen LogP contribution in [0.5, 0.6) is 0 Å². The maximum atomic E-state index is 6.07. The third-order valence-corrected chi connectivity index (χ3v) is 5.16. The average molecular weight is 368 g/mol. The Bertz CT molecular complexity index is 833. The molecule has 0 amide bonds. The number of hydrogen-bond acceptors (Lipinski definition) is 3. The third-order valence-electron chi connectivity index (χ3n) is 4.78. The molecule has 4 nitrogen and oxygen atoms in total. The summed E-state index contributed by atoms with van der Waals surface area (Å²) in [5.74, 6) is 1.07. The zero-order valence-corrected chi connectivity index (χ0v) is 16.9. The molecule has 0 aliphatic carbocycles. The summed E-state index contributed by atoms with van der Waals surface area (Å²) in [6, 6.07) is 17.4. The number of benzene rings is 2. The van der Waals surface area contributed by atoms with E-state index in [4.69, 9.17) is 10.7 Å². The van der Waals surface area contributed by atoms with Gasteiger partial charge in [0, 0.05) is 19.1 Å². The normalized spacial score (nSPS) is 15.0. The summed E-state index contributed by atoms with van der Waals surface area (Å²) >= 11 is 0. The second-order valence-corrected chi connectivity index (χ2v) is 7.22. The Kier molecular flexibility index (Phi) is 6.29. The molecule has 138 valence electrons. The Morgan fingerprint density at radius 1 is 1.04 bits per heavy atom. The van der Waals surface area contributed by atoms with Crippen LogP contribution in [0.15, 0.2) is 48.5 Å². The molecule has 1 aliphatic rings. The molecule has 1 unspecified atom stereocenters. The molecule has 26 heavy (non-hydrogen) atoms. The Morgan fingerprint density at radius 2 is 1.69 bits per heavy atom. The van der Waals surface area contributed by atoms with Crippen molar-refractivity contribution in [3.8, 4) is 0 Å². The summed E-state index contributed by atoms with van der Waals surface area (Å²) in [5.41, 5.74) is 9.61. The highest BCUT2D eigenvalue weighted by atomic mass is 31.0. The van der Waals surface area contributed by atoms with Crippen molar-refractivity contribution < 1.29 is 0 Å². The third kappa shape index (κ3) is 4.08. The second kappa shape index (κ2) is 8.66. The molecule has 2 aromatic carbocycles. The van der Waals surface area contributed by atoms with E-state index in [1.54, 1.807) is 0 Å². The van der Waals surface area contributed by atoms with Crippen LogP contribution in [0.3, 0.4) is 0 Å². The standard InChI is InChI=1S/C19H23N4P.C2H6/c20-15-9-11-22(12-10-15)19-21-17-3-1-2-4-18(17)23(19)13-14-5-7-16(24)8-6-14;1-2/h1-8,15H,9-13,20,24H2;1-2H3. The van der Waals surface area contributed by atoms with Gasteiger partial charge in [0.1, 0.15) is 0 Å². The topological polar surface area (TPSA) is 47.1 Å². The van der Waals surface area contributed by atoms with Gasteiger partial charge in [0.05, 0.1) is 17.6 Å². The predicted octanol–water partition coefficient (Wildman–Crippen LogP) is 3.54. The van der Waals surface area contributed by atoms with Gasteiger partial charge in [-0.15, -0.1) is 9.24 Å². The van der Waals surface area contributed by atoms with Gasteiger partial charge in [-0.2, -0.15) is 0 Å². The Balaban J connectivity index is 0.000000948. The lowest BCUT2D eigenvalue weighted by Gasteiger charge is -2.31. The van der Waals surface area contributed by atoms with E-state index in [2.05, 4.69) is 67.2 Å². The highest BCUT2D eigenvalue weighted by molar-refractivity contribution is 7.27. The molecule has 3 aromatic rings. The van der Waals surface area contributed by atoms with Gasteiger partial charge in [0.25, 0.3) is 0 Å². The van der Waals surface area contributed by atoms with Crippen LogP contribution in [0.1, 0.15) is 32.3 Å². The van der Waals surface area contributed by atoms with Crippen molar-refractivity contribution in [3.63, 3.8) is 0 Å². The maximum Gasteiger partial charge on any atom is 0.206 e. The van der Waals surface area contributed by atoms with Crippen LogP contribution in [0.25, 0.3) is 11.0 Å². The highest BCUT2D eigenvalue weighted by Gasteiger charge is 2.22. The lowest BCUT2D eigenvalue weighted by molar-refractivity contribution is 0.491. The van der Waals surface area contributed by atoms with Crippen LogP contribution in [0.2, 0.25) is 0 Å². The van der Waals surface area contributed by atoms with Crippen LogP contribution in [0, 0.1) is 0 Å². The number of hydrogen-bond donors (Lipinski definition) is 1. The SMILES string of the molecule is CC.NC1CCN(c2nc3ccccc3n2Cc2ccc(P)cc2)CC1. The molecule has 1 saturated heterocycles. The van der Waals surface area contributed by atoms with Gasteiger partial charge in [-0.25, -0.2) is 4.98 Å². The van der Waals surface area contributed by atoms with E-state index in [0.29, 0.717) is 6.04 Å². The summed E-state index contributed by atoms with van der Waals surface area (Å²) < 4.78 is 2.34. The number of piperidine rings is 1. The number of nitrogens with zero attached hydrogens (tertiary/aromatic N) is 3. The van der Waals surface area contributed by atoms with Crippen LogP contribution < -0.4 is 15.9 Å². The molecule has 0 saturated carbocycles. The van der Waals surface area contributed by atoms with E-state index in [1.165, 1.54) is 16.4 Å². The molecule has 5 heteroatoms. The number of anilines is 1. The van der Waals surface area contributed by atoms with Crippen molar-refractivity contribution in [3.05, 3.63) is 54.1 Å². The summed E-state index contributed by atoms with van der Waals surface area (Å²) in [7, 11) is 2.74. The zero-order valence-electron chi connectivity index (χ0n) is 15.7. The maximum absolute atomic E-state index is 6.07. The smallest absolute Gasteiger partial charge is 0.206 e. The summed E-state index contributed by atoms with van der Waals surface area (Å²) in [6.45, 7) is 6.80. The highest BCUT2D eigenvalue weighted by Crippen LogP contribution is 2.26. The fraction of sp³-hybridized carbons (Fsp3) is 0.381. The zero-order chi connectivity index (χ0) is 18.5. The van der Waals surface area contributed by atoms with Crippen molar-refractivity contribution in [2.24, 2.45) is 5.73 Å². The lowest BCUT2D eigenvalue weighted by Crippen LogP contribution is -2.40. The average Bonchev–Trinajstić information content (AvgIpc) is 3.04.